The molecule has 0 spiro atoms. The fourth-order valence-electron chi connectivity index (χ4n) is 2.57. The van der Waals surface area contributed by atoms with E-state index in [2.05, 4.69) is 5.32 Å². The summed E-state index contributed by atoms with van der Waals surface area (Å²) in [4.78, 5) is 11.6. The average molecular weight is 231 g/mol. The predicted molar refractivity (Wildman–Crippen MR) is 57.4 cm³/mol. The number of piperidine rings is 1. The summed E-state index contributed by atoms with van der Waals surface area (Å²) < 4.78 is 22.5. The maximum Gasteiger partial charge on any atom is 0.150 e. The van der Waals surface area contributed by atoms with Gasteiger partial charge in [-0.25, -0.2) is 8.42 Å². The first kappa shape index (κ1) is 11.1. The highest BCUT2D eigenvalue weighted by molar-refractivity contribution is 7.91. The lowest BCUT2D eigenvalue weighted by Gasteiger charge is -2.31. The van der Waals surface area contributed by atoms with E-state index in [1.807, 2.05) is 0 Å². The fourth-order valence-corrected chi connectivity index (χ4v) is 4.10. The lowest BCUT2D eigenvalue weighted by molar-refractivity contribution is -0.125. The standard InChI is InChI=1S/C10H17NO3S/c12-10-7-11-4-1-9(10)8-2-5-15(13,14)6-3-8/h8-9,11H,1-7H2. The van der Waals surface area contributed by atoms with Crippen molar-refractivity contribution in [3.63, 3.8) is 0 Å². The number of rotatable bonds is 1. The Balaban J connectivity index is 1.97. The first-order valence-corrected chi connectivity index (χ1v) is 7.34. The Kier molecular flexibility index (Phi) is 3.11. The van der Waals surface area contributed by atoms with Crippen LogP contribution in [0.25, 0.3) is 0 Å². The number of sulfone groups is 1. The zero-order valence-corrected chi connectivity index (χ0v) is 9.55. The van der Waals surface area contributed by atoms with Gasteiger partial charge < -0.3 is 5.32 Å². The molecule has 2 aliphatic rings. The molecule has 0 aliphatic carbocycles. The maximum atomic E-state index is 11.6. The molecule has 5 heteroatoms. The predicted octanol–water partition coefficient (Wildman–Crippen LogP) is -0.0102. The first-order valence-electron chi connectivity index (χ1n) is 5.52. The van der Waals surface area contributed by atoms with E-state index in [9.17, 15) is 13.2 Å². The Hall–Kier alpha value is -0.420. The van der Waals surface area contributed by atoms with Crippen LogP contribution in [0, 0.1) is 11.8 Å². The van der Waals surface area contributed by atoms with Crippen molar-refractivity contribution in [1.29, 1.82) is 0 Å². The Bertz CT molecular complexity index is 336. The van der Waals surface area contributed by atoms with Crippen molar-refractivity contribution >= 4 is 15.6 Å². The van der Waals surface area contributed by atoms with Gasteiger partial charge in [0.1, 0.15) is 15.6 Å². The second-order valence-electron chi connectivity index (χ2n) is 4.53. The summed E-state index contributed by atoms with van der Waals surface area (Å²) in [5, 5.41) is 3.05. The highest BCUT2D eigenvalue weighted by atomic mass is 32.2. The molecule has 2 aliphatic heterocycles. The smallest absolute Gasteiger partial charge is 0.150 e. The van der Waals surface area contributed by atoms with Gasteiger partial charge in [0, 0.05) is 5.92 Å². The highest BCUT2D eigenvalue weighted by Gasteiger charge is 2.34. The molecule has 86 valence electrons. The van der Waals surface area contributed by atoms with Crippen molar-refractivity contribution < 1.29 is 13.2 Å². The van der Waals surface area contributed by atoms with Crippen LogP contribution in [-0.4, -0.2) is 38.8 Å². The number of nitrogens with one attached hydrogen (secondary N) is 1. The van der Waals surface area contributed by atoms with Crippen molar-refractivity contribution in [3.05, 3.63) is 0 Å². The molecule has 0 aromatic heterocycles. The van der Waals surface area contributed by atoms with Crippen LogP contribution in [0.2, 0.25) is 0 Å². The minimum Gasteiger partial charge on any atom is -0.310 e. The molecular weight excluding hydrogens is 214 g/mol. The van der Waals surface area contributed by atoms with Crippen LogP contribution in [0.15, 0.2) is 0 Å². The Labute approximate surface area is 90.3 Å². The van der Waals surface area contributed by atoms with Crippen LogP contribution in [0.5, 0.6) is 0 Å². The monoisotopic (exact) mass is 231 g/mol. The third-order valence-corrected chi connectivity index (χ3v) is 5.23. The topological polar surface area (TPSA) is 63.2 Å². The maximum absolute atomic E-state index is 11.6. The van der Waals surface area contributed by atoms with Crippen molar-refractivity contribution in [1.82, 2.24) is 5.32 Å². The average Bonchev–Trinajstić information content (AvgIpc) is 2.19. The zero-order chi connectivity index (χ0) is 10.9. The van der Waals surface area contributed by atoms with Crippen LogP contribution >= 0.6 is 0 Å². The summed E-state index contributed by atoms with van der Waals surface area (Å²) in [5.74, 6) is 1.24. The number of Topliss-reactive ketones (excluding diaryl/α,β-unsaturated/α-hetero) is 1. The van der Waals surface area contributed by atoms with Crippen LogP contribution in [0.1, 0.15) is 19.3 Å². The molecule has 4 nitrogen and oxygen atoms in total. The minimum absolute atomic E-state index is 0.113. The van der Waals surface area contributed by atoms with E-state index in [0.29, 0.717) is 25.3 Å². The van der Waals surface area contributed by atoms with E-state index in [-0.39, 0.29) is 23.2 Å². The quantitative estimate of drug-likeness (QED) is 0.689. The van der Waals surface area contributed by atoms with Crippen LogP contribution < -0.4 is 5.32 Å². The van der Waals surface area contributed by atoms with Crippen LogP contribution in [0.4, 0.5) is 0 Å². The molecule has 0 radical (unpaired) electrons. The fraction of sp³-hybridized carbons (Fsp3) is 0.900. The summed E-state index contributed by atoms with van der Waals surface area (Å²) in [6.07, 6.45) is 2.24. The van der Waals surface area contributed by atoms with Gasteiger partial charge in [0.2, 0.25) is 0 Å². The molecule has 2 heterocycles. The third-order valence-electron chi connectivity index (χ3n) is 3.51. The van der Waals surface area contributed by atoms with Crippen molar-refractivity contribution in [3.8, 4) is 0 Å². The molecule has 15 heavy (non-hydrogen) atoms. The second-order valence-corrected chi connectivity index (χ2v) is 6.83. The molecule has 0 aromatic rings. The lowest BCUT2D eigenvalue weighted by Crippen LogP contribution is -2.42. The Morgan fingerprint density at radius 3 is 2.40 bits per heavy atom. The van der Waals surface area contributed by atoms with Gasteiger partial charge in [-0.1, -0.05) is 0 Å². The molecule has 2 saturated heterocycles. The van der Waals surface area contributed by atoms with Gasteiger partial charge in [0.25, 0.3) is 0 Å². The van der Waals surface area contributed by atoms with Crippen LogP contribution in [-0.2, 0) is 14.6 Å². The molecule has 0 bridgehead atoms. The summed E-state index contributed by atoms with van der Waals surface area (Å²) >= 11 is 0. The third kappa shape index (κ3) is 2.58. The van der Waals surface area contributed by atoms with Gasteiger partial charge in [0.05, 0.1) is 18.1 Å². The van der Waals surface area contributed by atoms with E-state index in [1.54, 1.807) is 0 Å². The summed E-state index contributed by atoms with van der Waals surface area (Å²) in [6, 6.07) is 0. The molecule has 0 saturated carbocycles. The summed E-state index contributed by atoms with van der Waals surface area (Å²) in [6.45, 7) is 1.35. The molecule has 0 amide bonds. The normalized spacial score (nSPS) is 32.8. The number of carbonyl (C=O) groups excluding carboxylic acids is 1. The molecule has 2 rings (SSSR count). The number of hydrogen-bond donors (Lipinski definition) is 1. The van der Waals surface area contributed by atoms with E-state index in [0.717, 1.165) is 13.0 Å². The van der Waals surface area contributed by atoms with Crippen molar-refractivity contribution in [2.45, 2.75) is 19.3 Å². The van der Waals surface area contributed by atoms with Gasteiger partial charge in [-0.05, 0) is 31.7 Å². The SMILES string of the molecule is O=C1CNCCC1C1CCS(=O)(=O)CC1. The number of carbonyl (C=O) groups is 1. The van der Waals surface area contributed by atoms with Crippen LogP contribution in [0.3, 0.4) is 0 Å². The molecule has 1 atom stereocenters. The van der Waals surface area contributed by atoms with Crippen molar-refractivity contribution in [2.24, 2.45) is 11.8 Å². The minimum atomic E-state index is -2.80. The second kappa shape index (κ2) is 4.22. The molecular formula is C10H17NO3S. The summed E-state index contributed by atoms with van der Waals surface area (Å²) in [5.41, 5.74) is 0. The van der Waals surface area contributed by atoms with E-state index < -0.39 is 9.84 Å². The van der Waals surface area contributed by atoms with E-state index in [1.165, 1.54) is 0 Å². The first-order chi connectivity index (χ1) is 7.08. The Morgan fingerprint density at radius 1 is 1.13 bits per heavy atom. The van der Waals surface area contributed by atoms with Gasteiger partial charge >= 0.3 is 0 Å². The number of ketones is 1. The van der Waals surface area contributed by atoms with Gasteiger partial charge in [0.15, 0.2) is 0 Å². The van der Waals surface area contributed by atoms with E-state index >= 15 is 0 Å². The molecule has 1 N–H and O–H groups in total. The van der Waals surface area contributed by atoms with Gasteiger partial charge in [-0.15, -0.1) is 0 Å². The molecule has 0 aromatic carbocycles. The van der Waals surface area contributed by atoms with Gasteiger partial charge in [-0.2, -0.15) is 0 Å². The Morgan fingerprint density at radius 2 is 1.80 bits per heavy atom. The highest BCUT2D eigenvalue weighted by Crippen LogP contribution is 2.29. The lowest BCUT2D eigenvalue weighted by atomic mass is 9.80. The molecule has 1 unspecified atom stereocenters. The number of hydrogen-bond acceptors (Lipinski definition) is 4. The zero-order valence-electron chi connectivity index (χ0n) is 8.74. The largest absolute Gasteiger partial charge is 0.310 e. The van der Waals surface area contributed by atoms with Crippen molar-refractivity contribution in [2.75, 3.05) is 24.6 Å². The summed E-state index contributed by atoms with van der Waals surface area (Å²) in [7, 11) is -2.80. The van der Waals surface area contributed by atoms with Gasteiger partial charge in [-0.3, -0.25) is 4.79 Å². The van der Waals surface area contributed by atoms with E-state index in [4.69, 9.17) is 0 Å². The molecule has 2 fully saturated rings.